The summed E-state index contributed by atoms with van der Waals surface area (Å²) in [6.07, 6.45) is -1.21. The topological polar surface area (TPSA) is 104 Å². The first-order valence-electron chi connectivity index (χ1n) is 3.15. The standard InChI is InChI=1S/C5H11O6P/c1-3(11-4(2)6)5(7)12(8,9)10/h3,5,7H,1-2H3,(H2,8,9,10). The highest BCUT2D eigenvalue weighted by molar-refractivity contribution is 7.52. The van der Waals surface area contributed by atoms with Crippen molar-refractivity contribution in [1.82, 2.24) is 0 Å². The number of esters is 1. The summed E-state index contributed by atoms with van der Waals surface area (Å²) in [6.45, 7) is 2.29. The van der Waals surface area contributed by atoms with Crippen molar-refractivity contribution in [2.75, 3.05) is 0 Å². The molecule has 0 aliphatic carbocycles. The number of aliphatic hydroxyl groups is 1. The van der Waals surface area contributed by atoms with Crippen LogP contribution in [-0.2, 0) is 14.1 Å². The van der Waals surface area contributed by atoms with E-state index in [1.165, 1.54) is 6.92 Å². The van der Waals surface area contributed by atoms with Crippen LogP contribution in [-0.4, -0.2) is 32.8 Å². The van der Waals surface area contributed by atoms with Gasteiger partial charge in [0.25, 0.3) is 0 Å². The van der Waals surface area contributed by atoms with Gasteiger partial charge in [-0.25, -0.2) is 0 Å². The molecule has 0 amide bonds. The van der Waals surface area contributed by atoms with Crippen LogP contribution in [0.2, 0.25) is 0 Å². The number of carbonyl (C=O) groups is 1. The Morgan fingerprint density at radius 3 is 2.17 bits per heavy atom. The quantitative estimate of drug-likeness (QED) is 0.414. The van der Waals surface area contributed by atoms with E-state index in [1.807, 2.05) is 0 Å². The summed E-state index contributed by atoms with van der Waals surface area (Å²) in [6, 6.07) is 0. The third kappa shape index (κ3) is 3.82. The molecule has 0 heterocycles. The highest BCUT2D eigenvalue weighted by atomic mass is 31.2. The lowest BCUT2D eigenvalue weighted by atomic mass is 10.4. The zero-order chi connectivity index (χ0) is 9.94. The Morgan fingerprint density at radius 1 is 1.50 bits per heavy atom. The van der Waals surface area contributed by atoms with Crippen LogP contribution in [0.4, 0.5) is 0 Å². The molecule has 0 radical (unpaired) electrons. The highest BCUT2D eigenvalue weighted by Crippen LogP contribution is 2.41. The molecule has 0 bridgehead atoms. The van der Waals surface area contributed by atoms with E-state index in [4.69, 9.17) is 14.9 Å². The van der Waals surface area contributed by atoms with Crippen LogP contribution in [0.25, 0.3) is 0 Å². The molecule has 0 aromatic heterocycles. The van der Waals surface area contributed by atoms with E-state index in [-0.39, 0.29) is 0 Å². The van der Waals surface area contributed by atoms with Gasteiger partial charge in [-0.3, -0.25) is 9.36 Å². The minimum absolute atomic E-state index is 0.699. The molecular weight excluding hydrogens is 187 g/mol. The van der Waals surface area contributed by atoms with E-state index in [0.717, 1.165) is 6.92 Å². The first-order chi connectivity index (χ1) is 5.25. The molecule has 72 valence electrons. The summed E-state index contributed by atoms with van der Waals surface area (Å²) in [5, 5.41) is 8.86. The molecule has 0 fully saturated rings. The van der Waals surface area contributed by atoms with E-state index < -0.39 is 25.5 Å². The predicted octanol–water partition coefficient (Wildman–Crippen LogP) is -0.566. The van der Waals surface area contributed by atoms with Crippen molar-refractivity contribution < 1.29 is 29.0 Å². The van der Waals surface area contributed by atoms with Gasteiger partial charge in [0.05, 0.1) is 0 Å². The fourth-order valence-electron chi connectivity index (χ4n) is 0.596. The van der Waals surface area contributed by atoms with Crippen LogP contribution >= 0.6 is 7.60 Å². The molecule has 0 saturated heterocycles. The van der Waals surface area contributed by atoms with Crippen molar-refractivity contribution in [2.45, 2.75) is 25.8 Å². The molecule has 7 heteroatoms. The minimum Gasteiger partial charge on any atom is -0.459 e. The number of rotatable bonds is 3. The molecule has 2 unspecified atom stereocenters. The lowest BCUT2D eigenvalue weighted by Crippen LogP contribution is -2.27. The summed E-state index contributed by atoms with van der Waals surface area (Å²) in [7, 11) is -4.59. The van der Waals surface area contributed by atoms with E-state index in [1.54, 1.807) is 0 Å². The lowest BCUT2D eigenvalue weighted by Gasteiger charge is -2.18. The van der Waals surface area contributed by atoms with Gasteiger partial charge in [0.15, 0.2) is 5.85 Å². The largest absolute Gasteiger partial charge is 0.459 e. The molecule has 0 rings (SSSR count). The van der Waals surface area contributed by atoms with E-state index >= 15 is 0 Å². The van der Waals surface area contributed by atoms with Gasteiger partial charge < -0.3 is 19.6 Å². The van der Waals surface area contributed by atoms with E-state index in [9.17, 15) is 9.36 Å². The van der Waals surface area contributed by atoms with Gasteiger partial charge in [-0.2, -0.15) is 0 Å². The number of ether oxygens (including phenoxy) is 1. The molecule has 12 heavy (non-hydrogen) atoms. The Hall–Kier alpha value is -0.420. The summed E-state index contributed by atoms with van der Waals surface area (Å²) < 4.78 is 14.8. The maximum atomic E-state index is 10.4. The van der Waals surface area contributed by atoms with Crippen LogP contribution < -0.4 is 0 Å². The Morgan fingerprint density at radius 2 is 1.92 bits per heavy atom. The highest BCUT2D eigenvalue weighted by Gasteiger charge is 2.33. The maximum Gasteiger partial charge on any atom is 0.357 e. The van der Waals surface area contributed by atoms with E-state index in [0.29, 0.717) is 0 Å². The van der Waals surface area contributed by atoms with Crippen LogP contribution in [0.3, 0.4) is 0 Å². The van der Waals surface area contributed by atoms with Crippen molar-refractivity contribution in [3.8, 4) is 0 Å². The molecule has 0 spiro atoms. The zero-order valence-corrected chi connectivity index (χ0v) is 7.56. The number of hydrogen-bond acceptors (Lipinski definition) is 4. The second kappa shape index (κ2) is 4.00. The van der Waals surface area contributed by atoms with Crippen LogP contribution in [0.1, 0.15) is 13.8 Å². The number of aliphatic hydroxyl groups excluding tert-OH is 1. The summed E-state index contributed by atoms with van der Waals surface area (Å²) in [5.74, 6) is -2.66. The summed E-state index contributed by atoms with van der Waals surface area (Å²) in [5.41, 5.74) is 0. The first kappa shape index (κ1) is 11.6. The van der Waals surface area contributed by atoms with Gasteiger partial charge in [-0.1, -0.05) is 0 Å². The van der Waals surface area contributed by atoms with Gasteiger partial charge in [-0.05, 0) is 6.92 Å². The van der Waals surface area contributed by atoms with Gasteiger partial charge >= 0.3 is 13.6 Å². The monoisotopic (exact) mass is 198 g/mol. The molecule has 2 atom stereocenters. The molecule has 0 aliphatic heterocycles. The Bertz CT molecular complexity index is 208. The Balaban J connectivity index is 4.20. The molecule has 6 nitrogen and oxygen atoms in total. The normalized spacial score (nSPS) is 16.8. The summed E-state index contributed by atoms with van der Waals surface area (Å²) >= 11 is 0. The van der Waals surface area contributed by atoms with Crippen molar-refractivity contribution >= 4 is 13.6 Å². The predicted molar refractivity (Wildman–Crippen MR) is 39.3 cm³/mol. The van der Waals surface area contributed by atoms with Crippen LogP contribution in [0, 0.1) is 0 Å². The van der Waals surface area contributed by atoms with Crippen molar-refractivity contribution in [2.24, 2.45) is 0 Å². The zero-order valence-electron chi connectivity index (χ0n) is 6.67. The molecule has 0 saturated carbocycles. The average Bonchev–Trinajstić information content (AvgIpc) is 1.82. The van der Waals surface area contributed by atoms with E-state index in [2.05, 4.69) is 4.74 Å². The molecule has 0 aromatic carbocycles. The third-order valence-corrected chi connectivity index (χ3v) is 2.23. The van der Waals surface area contributed by atoms with Crippen LogP contribution in [0.5, 0.6) is 0 Å². The van der Waals surface area contributed by atoms with Crippen molar-refractivity contribution in [1.29, 1.82) is 0 Å². The van der Waals surface area contributed by atoms with Crippen molar-refractivity contribution in [3.05, 3.63) is 0 Å². The lowest BCUT2D eigenvalue weighted by molar-refractivity contribution is -0.148. The first-order valence-corrected chi connectivity index (χ1v) is 4.84. The molecule has 0 aromatic rings. The average molecular weight is 198 g/mol. The minimum atomic E-state index is -4.59. The number of hydrogen-bond donors (Lipinski definition) is 3. The Labute approximate surface area is 69.3 Å². The molecule has 0 aliphatic rings. The van der Waals surface area contributed by atoms with Crippen LogP contribution in [0.15, 0.2) is 0 Å². The fourth-order valence-corrected chi connectivity index (χ4v) is 1.20. The maximum absolute atomic E-state index is 10.4. The van der Waals surface area contributed by atoms with Crippen molar-refractivity contribution in [3.63, 3.8) is 0 Å². The molecular formula is C5H11O6P. The Kier molecular flexibility index (Phi) is 3.86. The fraction of sp³-hybridized carbons (Fsp3) is 0.800. The third-order valence-electron chi connectivity index (χ3n) is 1.12. The SMILES string of the molecule is CC(=O)OC(C)C(O)P(=O)(O)O. The van der Waals surface area contributed by atoms with Gasteiger partial charge in [0.2, 0.25) is 0 Å². The van der Waals surface area contributed by atoms with Gasteiger partial charge in [-0.15, -0.1) is 0 Å². The molecule has 3 N–H and O–H groups in total. The smallest absolute Gasteiger partial charge is 0.357 e. The number of carbonyl (C=O) groups excluding carboxylic acids is 1. The summed E-state index contributed by atoms with van der Waals surface area (Å²) in [4.78, 5) is 27.2. The second-order valence-corrected chi connectivity index (χ2v) is 4.02. The van der Waals surface area contributed by atoms with Gasteiger partial charge in [0, 0.05) is 6.92 Å². The van der Waals surface area contributed by atoms with Gasteiger partial charge in [0.1, 0.15) is 6.10 Å². The second-order valence-electron chi connectivity index (χ2n) is 2.32.